The number of benzene rings is 2. The number of rotatable bonds is 8. The molecule has 0 saturated carbocycles. The van der Waals surface area contributed by atoms with Crippen LogP contribution in [0, 0.1) is 5.82 Å². The molecule has 0 radical (unpaired) electrons. The Morgan fingerprint density at radius 1 is 1.23 bits per heavy atom. The van der Waals surface area contributed by atoms with Crippen LogP contribution < -0.4 is 4.74 Å². The minimum atomic E-state index is -0.511. The van der Waals surface area contributed by atoms with Crippen molar-refractivity contribution in [3.63, 3.8) is 0 Å². The number of thioether (sulfide) groups is 1. The molecule has 1 aliphatic heterocycles. The highest BCUT2D eigenvalue weighted by Crippen LogP contribution is 2.28. The Morgan fingerprint density at radius 2 is 2.03 bits per heavy atom. The highest BCUT2D eigenvalue weighted by Gasteiger charge is 2.23. The summed E-state index contributed by atoms with van der Waals surface area (Å²) in [6.45, 7) is 1.35. The smallest absolute Gasteiger partial charge is 0.192 e. The van der Waals surface area contributed by atoms with E-state index in [0.29, 0.717) is 17.5 Å². The average molecular weight is 428 g/mol. The summed E-state index contributed by atoms with van der Waals surface area (Å²) in [5.74, 6) is 0.745. The normalized spacial score (nSPS) is 16.0. The van der Waals surface area contributed by atoms with Gasteiger partial charge in [-0.3, -0.25) is 9.36 Å². The summed E-state index contributed by atoms with van der Waals surface area (Å²) in [6, 6.07) is 13.6. The molecule has 4 rings (SSSR count). The molecule has 1 unspecified atom stereocenters. The first-order valence-corrected chi connectivity index (χ1v) is 10.7. The second-order valence-electron chi connectivity index (χ2n) is 6.97. The van der Waals surface area contributed by atoms with Crippen LogP contribution in [-0.4, -0.2) is 46.1 Å². The lowest BCUT2D eigenvalue weighted by atomic mass is 10.1. The maximum Gasteiger partial charge on any atom is 0.192 e. The molecule has 6 nitrogen and oxygen atoms in total. The van der Waals surface area contributed by atoms with Gasteiger partial charge in [0.1, 0.15) is 11.6 Å². The van der Waals surface area contributed by atoms with Crippen molar-refractivity contribution in [3.05, 3.63) is 59.9 Å². The first-order valence-electron chi connectivity index (χ1n) is 9.75. The first-order chi connectivity index (χ1) is 14.7. The van der Waals surface area contributed by atoms with Gasteiger partial charge in [0.15, 0.2) is 16.8 Å². The van der Waals surface area contributed by atoms with Crippen LogP contribution in [0.1, 0.15) is 23.2 Å². The fourth-order valence-corrected chi connectivity index (χ4v) is 4.23. The molecule has 0 amide bonds. The van der Waals surface area contributed by atoms with Crippen LogP contribution in [0.5, 0.6) is 5.75 Å². The van der Waals surface area contributed by atoms with Crippen LogP contribution in [0.4, 0.5) is 4.39 Å². The highest BCUT2D eigenvalue weighted by molar-refractivity contribution is 7.99. The maximum absolute atomic E-state index is 13.9. The predicted molar refractivity (Wildman–Crippen MR) is 112 cm³/mol. The van der Waals surface area contributed by atoms with E-state index in [1.54, 1.807) is 19.2 Å². The van der Waals surface area contributed by atoms with Crippen molar-refractivity contribution < 1.29 is 18.7 Å². The molecular formula is C22H22FN3O3S. The van der Waals surface area contributed by atoms with E-state index in [1.165, 1.54) is 23.9 Å². The molecule has 1 aliphatic rings. The lowest BCUT2D eigenvalue weighted by Crippen LogP contribution is -2.17. The molecule has 1 atom stereocenters. The van der Waals surface area contributed by atoms with E-state index in [2.05, 4.69) is 10.2 Å². The third-order valence-corrected chi connectivity index (χ3v) is 5.95. The molecule has 1 saturated heterocycles. The minimum absolute atomic E-state index is 0.0766. The number of ether oxygens (including phenoxy) is 2. The molecule has 2 heterocycles. The zero-order chi connectivity index (χ0) is 20.9. The van der Waals surface area contributed by atoms with Crippen molar-refractivity contribution in [2.45, 2.75) is 30.6 Å². The monoisotopic (exact) mass is 427 g/mol. The molecule has 0 N–H and O–H groups in total. The Morgan fingerprint density at radius 3 is 2.73 bits per heavy atom. The minimum Gasteiger partial charge on any atom is -0.497 e. The standard InChI is InChI=1S/C22H22FN3O3S/c1-28-16-10-8-15(9-11-16)21-24-25-22(26(21)13-17-5-4-12-29-17)30-14-20(27)18-6-2-3-7-19(18)23/h2-3,6-11,17H,4-5,12-14H2,1H3. The van der Waals surface area contributed by atoms with E-state index >= 15 is 0 Å². The summed E-state index contributed by atoms with van der Waals surface area (Å²) in [5.41, 5.74) is 0.985. The number of nitrogens with zero attached hydrogens (tertiary/aromatic N) is 3. The molecule has 0 aliphatic carbocycles. The fraction of sp³-hybridized carbons (Fsp3) is 0.318. The molecule has 1 aromatic heterocycles. The van der Waals surface area contributed by atoms with E-state index in [9.17, 15) is 9.18 Å². The highest BCUT2D eigenvalue weighted by atomic mass is 32.2. The van der Waals surface area contributed by atoms with Gasteiger partial charge in [-0.2, -0.15) is 0 Å². The molecule has 30 heavy (non-hydrogen) atoms. The van der Waals surface area contributed by atoms with Crippen molar-refractivity contribution in [2.24, 2.45) is 0 Å². The fourth-order valence-electron chi connectivity index (χ4n) is 3.40. The number of hydrogen-bond donors (Lipinski definition) is 0. The lowest BCUT2D eigenvalue weighted by molar-refractivity contribution is 0.0953. The Balaban J connectivity index is 1.57. The summed E-state index contributed by atoms with van der Waals surface area (Å²) < 4.78 is 26.9. The zero-order valence-electron chi connectivity index (χ0n) is 16.6. The van der Waals surface area contributed by atoms with E-state index < -0.39 is 5.82 Å². The quantitative estimate of drug-likeness (QED) is 0.396. The van der Waals surface area contributed by atoms with Crippen molar-refractivity contribution in [1.29, 1.82) is 0 Å². The van der Waals surface area contributed by atoms with Gasteiger partial charge in [0.05, 0.1) is 31.1 Å². The number of halogens is 1. The van der Waals surface area contributed by atoms with Gasteiger partial charge in [0.25, 0.3) is 0 Å². The maximum atomic E-state index is 13.9. The number of ketones is 1. The summed E-state index contributed by atoms with van der Waals surface area (Å²) in [6.07, 6.45) is 2.08. The van der Waals surface area contributed by atoms with Gasteiger partial charge in [-0.25, -0.2) is 4.39 Å². The number of aromatic nitrogens is 3. The summed E-state index contributed by atoms with van der Waals surface area (Å²) in [4.78, 5) is 12.5. The summed E-state index contributed by atoms with van der Waals surface area (Å²) >= 11 is 1.26. The van der Waals surface area contributed by atoms with Crippen LogP contribution in [-0.2, 0) is 11.3 Å². The zero-order valence-corrected chi connectivity index (χ0v) is 17.4. The number of hydrogen-bond acceptors (Lipinski definition) is 6. The molecular weight excluding hydrogens is 405 g/mol. The third kappa shape index (κ3) is 4.55. The van der Waals surface area contributed by atoms with E-state index in [-0.39, 0.29) is 23.2 Å². The van der Waals surface area contributed by atoms with E-state index in [1.807, 2.05) is 28.8 Å². The van der Waals surface area contributed by atoms with Crippen LogP contribution in [0.3, 0.4) is 0 Å². The predicted octanol–water partition coefficient (Wildman–Crippen LogP) is 4.25. The Hall–Kier alpha value is -2.71. The largest absolute Gasteiger partial charge is 0.497 e. The number of methoxy groups -OCH3 is 1. The van der Waals surface area contributed by atoms with Gasteiger partial charge >= 0.3 is 0 Å². The van der Waals surface area contributed by atoms with Gasteiger partial charge in [-0.05, 0) is 49.2 Å². The third-order valence-electron chi connectivity index (χ3n) is 4.98. The molecule has 1 fully saturated rings. The SMILES string of the molecule is COc1ccc(-c2nnc(SCC(=O)c3ccccc3F)n2CC2CCCO2)cc1. The van der Waals surface area contributed by atoms with Crippen molar-refractivity contribution >= 4 is 17.5 Å². The molecule has 2 aromatic carbocycles. The Kier molecular flexibility index (Phi) is 6.44. The van der Waals surface area contributed by atoms with Gasteiger partial charge in [0.2, 0.25) is 0 Å². The van der Waals surface area contributed by atoms with Crippen LogP contribution in [0.25, 0.3) is 11.4 Å². The summed E-state index contributed by atoms with van der Waals surface area (Å²) in [7, 11) is 1.62. The lowest BCUT2D eigenvalue weighted by Gasteiger charge is -2.15. The van der Waals surface area contributed by atoms with Crippen molar-refractivity contribution in [2.75, 3.05) is 19.5 Å². The molecule has 0 bridgehead atoms. The van der Waals surface area contributed by atoms with Crippen molar-refractivity contribution in [3.8, 4) is 17.1 Å². The first kappa shape index (κ1) is 20.6. The molecule has 0 spiro atoms. The van der Waals surface area contributed by atoms with Crippen LogP contribution in [0.2, 0.25) is 0 Å². The molecule has 156 valence electrons. The number of carbonyl (C=O) groups is 1. The number of Topliss-reactive ketones (excluding diaryl/α,β-unsaturated/α-hetero) is 1. The van der Waals surface area contributed by atoms with Crippen LogP contribution >= 0.6 is 11.8 Å². The molecule has 3 aromatic rings. The van der Waals surface area contributed by atoms with E-state index in [4.69, 9.17) is 9.47 Å². The molecule has 8 heteroatoms. The number of carbonyl (C=O) groups excluding carboxylic acids is 1. The van der Waals surface area contributed by atoms with Crippen LogP contribution in [0.15, 0.2) is 53.7 Å². The van der Waals surface area contributed by atoms with Gasteiger partial charge < -0.3 is 9.47 Å². The average Bonchev–Trinajstić information content (AvgIpc) is 3.43. The van der Waals surface area contributed by atoms with E-state index in [0.717, 1.165) is 30.8 Å². The topological polar surface area (TPSA) is 66.2 Å². The van der Waals surface area contributed by atoms with Crippen molar-refractivity contribution in [1.82, 2.24) is 14.8 Å². The van der Waals surface area contributed by atoms with Gasteiger partial charge in [-0.1, -0.05) is 23.9 Å². The van der Waals surface area contributed by atoms with Gasteiger partial charge in [-0.15, -0.1) is 10.2 Å². The Labute approximate surface area is 178 Å². The van der Waals surface area contributed by atoms with Gasteiger partial charge in [0, 0.05) is 12.2 Å². The Bertz CT molecular complexity index is 1020. The second kappa shape index (κ2) is 9.40. The second-order valence-corrected chi connectivity index (χ2v) is 7.91. The summed E-state index contributed by atoms with van der Waals surface area (Å²) in [5, 5.41) is 9.28.